The highest BCUT2D eigenvalue weighted by Crippen LogP contribution is 2.69. The molecule has 2 fully saturated rings. The van der Waals surface area contributed by atoms with E-state index in [1.165, 1.54) is 13.8 Å². The molecule has 0 heterocycles. The van der Waals surface area contributed by atoms with Crippen LogP contribution >= 0.6 is 0 Å². The monoisotopic (exact) mass is 301 g/mol. The number of alkyl halides is 1. The standard InChI is InChI=1S/C12H16FN3O5/c1-3-20-9(18)11(13)6-5-7(17)12(8(6)11,15-16-14)10(19)21-4-2/h6-8,17H,3-5H2,1-2H3/t6-,7+,8+,11-,12+/m1/s1. The van der Waals surface area contributed by atoms with Crippen molar-refractivity contribution in [2.45, 2.75) is 37.6 Å². The fourth-order valence-electron chi connectivity index (χ4n) is 3.26. The smallest absolute Gasteiger partial charge is 0.344 e. The first-order valence-corrected chi connectivity index (χ1v) is 6.68. The summed E-state index contributed by atoms with van der Waals surface area (Å²) in [5.74, 6) is -4.30. The van der Waals surface area contributed by atoms with Crippen LogP contribution in [0.4, 0.5) is 4.39 Å². The summed E-state index contributed by atoms with van der Waals surface area (Å²) in [6.45, 7) is 3.02. The van der Waals surface area contributed by atoms with E-state index in [0.717, 1.165) is 0 Å². The van der Waals surface area contributed by atoms with Crippen molar-refractivity contribution in [1.29, 1.82) is 0 Å². The maximum Gasteiger partial charge on any atom is 0.344 e. The second kappa shape index (κ2) is 5.16. The fraction of sp³-hybridized carbons (Fsp3) is 0.833. The Bertz CT molecular complexity index is 523. The summed E-state index contributed by atoms with van der Waals surface area (Å²) >= 11 is 0. The lowest BCUT2D eigenvalue weighted by Crippen LogP contribution is -2.52. The van der Waals surface area contributed by atoms with Crippen LogP contribution in [0.15, 0.2) is 5.11 Å². The average molecular weight is 301 g/mol. The Morgan fingerprint density at radius 1 is 1.38 bits per heavy atom. The first-order chi connectivity index (χ1) is 9.91. The molecular formula is C12H16FN3O5. The summed E-state index contributed by atoms with van der Waals surface area (Å²) in [5, 5.41) is 13.4. The molecule has 2 rings (SSSR count). The number of ether oxygens (including phenoxy) is 2. The number of carbonyl (C=O) groups is 2. The predicted octanol–water partition coefficient (Wildman–Crippen LogP) is 0.881. The molecule has 0 spiro atoms. The topological polar surface area (TPSA) is 122 Å². The van der Waals surface area contributed by atoms with E-state index in [0.29, 0.717) is 0 Å². The first kappa shape index (κ1) is 15.5. The minimum atomic E-state index is -2.42. The van der Waals surface area contributed by atoms with Gasteiger partial charge >= 0.3 is 11.9 Å². The fourth-order valence-corrected chi connectivity index (χ4v) is 3.26. The van der Waals surface area contributed by atoms with Gasteiger partial charge in [-0.3, -0.25) is 4.79 Å². The molecular weight excluding hydrogens is 285 g/mol. The van der Waals surface area contributed by atoms with Crippen molar-refractivity contribution in [2.75, 3.05) is 13.2 Å². The molecule has 116 valence electrons. The molecule has 1 N–H and O–H groups in total. The number of carbonyl (C=O) groups excluding carboxylic acids is 2. The molecule has 9 heteroatoms. The molecule has 0 aromatic heterocycles. The number of aliphatic hydroxyl groups is 1. The molecule has 8 nitrogen and oxygen atoms in total. The summed E-state index contributed by atoms with van der Waals surface area (Å²) in [5.41, 5.74) is 4.14. The number of nitrogens with zero attached hydrogens (tertiary/aromatic N) is 3. The third-order valence-corrected chi connectivity index (χ3v) is 4.15. The highest BCUT2D eigenvalue weighted by Gasteiger charge is 2.86. The van der Waals surface area contributed by atoms with Crippen LogP contribution in [0, 0.1) is 11.8 Å². The summed E-state index contributed by atoms with van der Waals surface area (Å²) in [7, 11) is 0. The van der Waals surface area contributed by atoms with Gasteiger partial charge in [-0.2, -0.15) is 0 Å². The average Bonchev–Trinajstić information content (AvgIpc) is 2.89. The van der Waals surface area contributed by atoms with E-state index in [9.17, 15) is 19.1 Å². The van der Waals surface area contributed by atoms with Crippen molar-refractivity contribution in [1.82, 2.24) is 0 Å². The minimum Gasteiger partial charge on any atom is -0.465 e. The van der Waals surface area contributed by atoms with Crippen LogP contribution in [0.3, 0.4) is 0 Å². The summed E-state index contributed by atoms with van der Waals surface area (Å²) in [6, 6.07) is 0. The number of azide groups is 1. The molecule has 2 aliphatic rings. The van der Waals surface area contributed by atoms with E-state index in [2.05, 4.69) is 14.8 Å². The van der Waals surface area contributed by atoms with Crippen molar-refractivity contribution in [2.24, 2.45) is 17.0 Å². The van der Waals surface area contributed by atoms with Gasteiger partial charge < -0.3 is 14.6 Å². The number of hydrogen-bond acceptors (Lipinski definition) is 6. The SMILES string of the molecule is CCOC(=O)[C@@]1(F)[C@@H]2C[C@H](O)[C@@](N=[N+]=[N-])(C(=O)OCC)[C@@H]21. The predicted molar refractivity (Wildman–Crippen MR) is 66.6 cm³/mol. The molecule has 0 amide bonds. The maximum atomic E-state index is 14.8. The normalized spacial score (nSPS) is 39.9. The Labute approximate surface area is 119 Å². The van der Waals surface area contributed by atoms with E-state index >= 15 is 0 Å². The summed E-state index contributed by atoms with van der Waals surface area (Å²) < 4.78 is 24.3. The second-order valence-corrected chi connectivity index (χ2v) is 5.06. The molecule has 0 saturated heterocycles. The molecule has 21 heavy (non-hydrogen) atoms. The highest BCUT2D eigenvalue weighted by molar-refractivity contribution is 5.92. The minimum absolute atomic E-state index is 0.0135. The van der Waals surface area contributed by atoms with E-state index in [4.69, 9.17) is 10.3 Å². The molecule has 0 bridgehead atoms. The lowest BCUT2D eigenvalue weighted by Gasteiger charge is -2.29. The molecule has 0 aromatic carbocycles. The number of fused-ring (bicyclic) bond motifs is 1. The van der Waals surface area contributed by atoms with Crippen molar-refractivity contribution < 1.29 is 28.6 Å². The Balaban J connectivity index is 2.39. The number of rotatable bonds is 5. The van der Waals surface area contributed by atoms with Crippen LogP contribution in [0.25, 0.3) is 10.4 Å². The van der Waals surface area contributed by atoms with Crippen molar-refractivity contribution in [3.8, 4) is 0 Å². The zero-order chi connectivity index (χ0) is 15.8. The molecule has 0 aliphatic heterocycles. The lowest BCUT2D eigenvalue weighted by molar-refractivity contribution is -0.160. The first-order valence-electron chi connectivity index (χ1n) is 6.68. The Morgan fingerprint density at radius 2 is 1.95 bits per heavy atom. The maximum absolute atomic E-state index is 14.8. The number of esters is 2. The van der Waals surface area contributed by atoms with E-state index in [1.807, 2.05) is 0 Å². The van der Waals surface area contributed by atoms with E-state index in [1.54, 1.807) is 0 Å². The van der Waals surface area contributed by atoms with Gasteiger partial charge in [0.15, 0.2) is 5.54 Å². The van der Waals surface area contributed by atoms with Gasteiger partial charge in [0.1, 0.15) is 0 Å². The molecule has 0 unspecified atom stereocenters. The Kier molecular flexibility index (Phi) is 3.81. The lowest BCUT2D eigenvalue weighted by atomic mass is 9.87. The van der Waals surface area contributed by atoms with E-state index in [-0.39, 0.29) is 19.6 Å². The summed E-state index contributed by atoms with van der Waals surface area (Å²) in [4.78, 5) is 26.4. The van der Waals surface area contributed by atoms with Crippen LogP contribution in [0.1, 0.15) is 20.3 Å². The molecule has 0 radical (unpaired) electrons. The summed E-state index contributed by atoms with van der Waals surface area (Å²) in [6.07, 6.45) is -1.56. The van der Waals surface area contributed by atoms with Gasteiger partial charge in [0, 0.05) is 16.7 Å². The van der Waals surface area contributed by atoms with Crippen LogP contribution in [-0.2, 0) is 19.1 Å². The van der Waals surface area contributed by atoms with Gasteiger partial charge in [0.25, 0.3) is 0 Å². The van der Waals surface area contributed by atoms with Crippen molar-refractivity contribution >= 4 is 11.9 Å². The van der Waals surface area contributed by atoms with Crippen molar-refractivity contribution in [3.63, 3.8) is 0 Å². The van der Waals surface area contributed by atoms with Crippen LogP contribution in [0.2, 0.25) is 0 Å². The quantitative estimate of drug-likeness (QED) is 0.349. The number of hydrogen-bond donors (Lipinski definition) is 1. The van der Waals surface area contributed by atoms with Crippen LogP contribution in [0.5, 0.6) is 0 Å². The molecule has 5 atom stereocenters. The third kappa shape index (κ3) is 1.88. The van der Waals surface area contributed by atoms with Crippen molar-refractivity contribution in [3.05, 3.63) is 10.4 Å². The second-order valence-electron chi connectivity index (χ2n) is 5.06. The number of aliphatic hydroxyl groups excluding tert-OH is 1. The van der Waals surface area contributed by atoms with Crippen LogP contribution in [-0.4, -0.2) is 47.6 Å². The zero-order valence-electron chi connectivity index (χ0n) is 11.7. The molecule has 0 aromatic rings. The third-order valence-electron chi connectivity index (χ3n) is 4.15. The largest absolute Gasteiger partial charge is 0.465 e. The highest BCUT2D eigenvalue weighted by atomic mass is 19.1. The Hall–Kier alpha value is -1.86. The molecule has 2 aliphatic carbocycles. The van der Waals surface area contributed by atoms with Gasteiger partial charge in [0.05, 0.1) is 19.3 Å². The van der Waals surface area contributed by atoms with Gasteiger partial charge in [0.2, 0.25) is 5.67 Å². The van der Waals surface area contributed by atoms with Gasteiger partial charge in [-0.05, 0) is 25.8 Å². The zero-order valence-corrected chi connectivity index (χ0v) is 11.7. The molecule has 2 saturated carbocycles. The Morgan fingerprint density at radius 3 is 2.48 bits per heavy atom. The van der Waals surface area contributed by atoms with Gasteiger partial charge in [-0.1, -0.05) is 5.11 Å². The number of halogens is 1. The van der Waals surface area contributed by atoms with Gasteiger partial charge in [-0.15, -0.1) is 0 Å². The van der Waals surface area contributed by atoms with Gasteiger partial charge in [-0.25, -0.2) is 9.18 Å². The van der Waals surface area contributed by atoms with E-state index < -0.39 is 41.1 Å². The van der Waals surface area contributed by atoms with Crippen LogP contribution < -0.4 is 0 Å².